The smallest absolute Gasteiger partial charge is 0.266 e. The maximum atomic E-state index is 12.6. The first-order valence-electron chi connectivity index (χ1n) is 9.40. The third-order valence-electron chi connectivity index (χ3n) is 5.09. The number of carbonyl (C=O) groups is 1. The molecule has 138 valence electrons. The summed E-state index contributed by atoms with van der Waals surface area (Å²) >= 11 is 6.02. The summed E-state index contributed by atoms with van der Waals surface area (Å²) in [5.41, 5.74) is 4.36. The number of aromatic nitrogens is 2. The van der Waals surface area contributed by atoms with E-state index in [1.807, 2.05) is 36.4 Å². The number of benzene rings is 2. The first kappa shape index (κ1) is 17.8. The number of anilines is 1. The van der Waals surface area contributed by atoms with Crippen molar-refractivity contribution in [3.05, 3.63) is 71.1 Å². The predicted molar refractivity (Wildman–Crippen MR) is 108 cm³/mol. The average Bonchev–Trinajstić information content (AvgIpc) is 3.27. The second-order valence-corrected chi connectivity index (χ2v) is 7.36. The molecule has 0 fully saturated rings. The summed E-state index contributed by atoms with van der Waals surface area (Å²) in [6.45, 7) is 3.43. The summed E-state index contributed by atoms with van der Waals surface area (Å²) in [7, 11) is 0. The maximum absolute atomic E-state index is 12.6. The van der Waals surface area contributed by atoms with Crippen molar-refractivity contribution in [2.75, 3.05) is 5.32 Å². The molecule has 0 atom stereocenters. The number of amides is 1. The summed E-state index contributed by atoms with van der Waals surface area (Å²) in [4.78, 5) is 12.6. The van der Waals surface area contributed by atoms with Crippen molar-refractivity contribution in [2.24, 2.45) is 0 Å². The Hall–Kier alpha value is -2.59. The summed E-state index contributed by atoms with van der Waals surface area (Å²) in [6, 6.07) is 15.9. The van der Waals surface area contributed by atoms with E-state index in [2.05, 4.69) is 39.7 Å². The van der Waals surface area contributed by atoms with Crippen LogP contribution in [0.3, 0.4) is 0 Å². The van der Waals surface area contributed by atoms with Crippen molar-refractivity contribution in [1.29, 1.82) is 0 Å². The highest BCUT2D eigenvalue weighted by Crippen LogP contribution is 2.26. The van der Waals surface area contributed by atoms with Gasteiger partial charge in [-0.2, -0.15) is 0 Å². The SMILES string of the molecule is CCc1ccc(NC(=O)C[n+]2cc(-c3ccc(Cl)cc3)n3c2CCC3)cc1. The van der Waals surface area contributed by atoms with Gasteiger partial charge in [-0.25, -0.2) is 9.13 Å². The molecule has 0 aliphatic carbocycles. The van der Waals surface area contributed by atoms with Crippen molar-refractivity contribution in [3.63, 3.8) is 0 Å². The van der Waals surface area contributed by atoms with Gasteiger partial charge in [0.15, 0.2) is 12.2 Å². The molecule has 0 unspecified atom stereocenters. The first-order chi connectivity index (χ1) is 13.1. The topological polar surface area (TPSA) is 37.9 Å². The normalized spacial score (nSPS) is 12.8. The van der Waals surface area contributed by atoms with Gasteiger partial charge in [0.1, 0.15) is 6.20 Å². The molecule has 5 heteroatoms. The zero-order valence-electron chi connectivity index (χ0n) is 15.4. The quantitative estimate of drug-likeness (QED) is 0.660. The van der Waals surface area contributed by atoms with Crippen LogP contribution in [0.1, 0.15) is 24.7 Å². The largest absolute Gasteiger partial charge is 0.323 e. The van der Waals surface area contributed by atoms with E-state index >= 15 is 0 Å². The number of fused-ring (bicyclic) bond motifs is 1. The lowest BCUT2D eigenvalue weighted by Crippen LogP contribution is -2.42. The number of nitrogens with zero attached hydrogens (tertiary/aromatic N) is 2. The van der Waals surface area contributed by atoms with E-state index in [9.17, 15) is 4.79 Å². The second kappa shape index (κ2) is 7.57. The number of rotatable bonds is 5. The minimum Gasteiger partial charge on any atom is -0.323 e. The fraction of sp³-hybridized carbons (Fsp3) is 0.273. The molecule has 1 aromatic heterocycles. The standard InChI is InChI=1S/C22H22ClN3O/c1-2-16-5-11-19(12-6-16)24-21(27)15-25-14-20(26-13-3-4-22(25)26)17-7-9-18(23)10-8-17/h5-12,14H,2-4,13,15H2,1H3/p+1. The third kappa shape index (κ3) is 3.76. The Bertz CT molecular complexity index is 958. The van der Waals surface area contributed by atoms with Crippen LogP contribution in [0.25, 0.3) is 11.3 Å². The average molecular weight is 381 g/mol. The number of carbonyl (C=O) groups excluding carboxylic acids is 1. The van der Waals surface area contributed by atoms with Gasteiger partial charge in [-0.05, 0) is 54.8 Å². The molecule has 1 N–H and O–H groups in total. The van der Waals surface area contributed by atoms with E-state index in [-0.39, 0.29) is 5.91 Å². The van der Waals surface area contributed by atoms with E-state index in [1.165, 1.54) is 11.4 Å². The molecular weight excluding hydrogens is 358 g/mol. The molecule has 2 aromatic carbocycles. The zero-order valence-corrected chi connectivity index (χ0v) is 16.2. The lowest BCUT2D eigenvalue weighted by atomic mass is 10.1. The molecule has 0 bridgehead atoms. The van der Waals surface area contributed by atoms with Crippen LogP contribution in [0.2, 0.25) is 5.02 Å². The molecule has 1 aliphatic heterocycles. The fourth-order valence-corrected chi connectivity index (χ4v) is 3.80. The van der Waals surface area contributed by atoms with Gasteiger partial charge in [0.25, 0.3) is 11.7 Å². The van der Waals surface area contributed by atoms with Gasteiger partial charge in [-0.1, -0.05) is 30.7 Å². The van der Waals surface area contributed by atoms with Gasteiger partial charge in [0.05, 0.1) is 13.0 Å². The molecule has 0 saturated carbocycles. The first-order valence-corrected chi connectivity index (χ1v) is 9.78. The van der Waals surface area contributed by atoms with Crippen molar-refractivity contribution < 1.29 is 9.36 Å². The van der Waals surface area contributed by atoms with Crippen LogP contribution in [-0.2, 0) is 30.7 Å². The number of halogens is 1. The number of nitrogens with one attached hydrogen (secondary N) is 1. The van der Waals surface area contributed by atoms with E-state index < -0.39 is 0 Å². The molecular formula is C22H23ClN3O+. The lowest BCUT2D eigenvalue weighted by Gasteiger charge is -2.05. The van der Waals surface area contributed by atoms with E-state index in [0.29, 0.717) is 6.54 Å². The molecule has 3 aromatic rings. The third-order valence-corrected chi connectivity index (χ3v) is 5.35. The summed E-state index contributed by atoms with van der Waals surface area (Å²) in [5, 5.41) is 3.73. The van der Waals surface area contributed by atoms with Gasteiger partial charge in [-0.15, -0.1) is 0 Å². The predicted octanol–water partition coefficient (Wildman–Crippen LogP) is 4.24. The molecule has 2 heterocycles. The van der Waals surface area contributed by atoms with E-state index in [1.54, 1.807) is 0 Å². The van der Waals surface area contributed by atoms with Crippen LogP contribution < -0.4 is 9.88 Å². The summed E-state index contributed by atoms with van der Waals surface area (Å²) < 4.78 is 4.39. The lowest BCUT2D eigenvalue weighted by molar-refractivity contribution is -0.690. The Labute approximate surface area is 164 Å². The Balaban J connectivity index is 1.54. The Morgan fingerprint density at radius 2 is 1.89 bits per heavy atom. The van der Waals surface area contributed by atoms with Crippen LogP contribution in [0.4, 0.5) is 5.69 Å². The van der Waals surface area contributed by atoms with Gasteiger partial charge in [0, 0.05) is 16.3 Å². The van der Waals surface area contributed by atoms with Gasteiger partial charge in [0.2, 0.25) is 0 Å². The number of imidazole rings is 1. The van der Waals surface area contributed by atoms with Crippen LogP contribution >= 0.6 is 11.6 Å². The molecule has 0 radical (unpaired) electrons. The summed E-state index contributed by atoms with van der Waals surface area (Å²) in [6.07, 6.45) is 5.18. The minimum atomic E-state index is -0.00722. The molecule has 27 heavy (non-hydrogen) atoms. The minimum absolute atomic E-state index is 0.00722. The molecule has 4 nitrogen and oxygen atoms in total. The van der Waals surface area contributed by atoms with Crippen LogP contribution in [-0.4, -0.2) is 10.5 Å². The Kier molecular flexibility index (Phi) is 4.99. The highest BCUT2D eigenvalue weighted by atomic mass is 35.5. The van der Waals surface area contributed by atoms with Crippen molar-refractivity contribution in [1.82, 2.24) is 4.57 Å². The fourth-order valence-electron chi connectivity index (χ4n) is 3.68. The van der Waals surface area contributed by atoms with Crippen molar-refractivity contribution >= 4 is 23.2 Å². The Morgan fingerprint density at radius 3 is 2.59 bits per heavy atom. The van der Waals surface area contributed by atoms with Gasteiger partial charge >= 0.3 is 0 Å². The zero-order chi connectivity index (χ0) is 18.8. The number of hydrogen-bond donors (Lipinski definition) is 1. The molecule has 0 saturated heterocycles. The monoisotopic (exact) mass is 380 g/mol. The number of hydrogen-bond acceptors (Lipinski definition) is 1. The molecule has 0 spiro atoms. The molecule has 1 amide bonds. The van der Waals surface area contributed by atoms with Crippen molar-refractivity contribution in [3.8, 4) is 11.3 Å². The highest BCUT2D eigenvalue weighted by Gasteiger charge is 2.29. The van der Waals surface area contributed by atoms with Crippen LogP contribution in [0.5, 0.6) is 0 Å². The van der Waals surface area contributed by atoms with E-state index in [4.69, 9.17) is 11.6 Å². The van der Waals surface area contributed by atoms with Crippen molar-refractivity contribution in [2.45, 2.75) is 39.3 Å². The highest BCUT2D eigenvalue weighted by molar-refractivity contribution is 6.30. The summed E-state index contributed by atoms with van der Waals surface area (Å²) in [5.74, 6) is 1.20. The number of aryl methyl sites for hydroxylation is 1. The van der Waals surface area contributed by atoms with Gasteiger partial charge < -0.3 is 5.32 Å². The van der Waals surface area contributed by atoms with Crippen LogP contribution in [0, 0.1) is 0 Å². The van der Waals surface area contributed by atoms with E-state index in [0.717, 1.165) is 47.8 Å². The maximum Gasteiger partial charge on any atom is 0.266 e. The Morgan fingerprint density at radius 1 is 1.15 bits per heavy atom. The molecule has 1 aliphatic rings. The molecule has 4 rings (SSSR count). The van der Waals surface area contributed by atoms with Gasteiger partial charge in [-0.3, -0.25) is 4.79 Å². The van der Waals surface area contributed by atoms with Crippen LogP contribution in [0.15, 0.2) is 54.7 Å². The second-order valence-electron chi connectivity index (χ2n) is 6.92.